The summed E-state index contributed by atoms with van der Waals surface area (Å²) in [6.45, 7) is 3.64. The van der Waals surface area contributed by atoms with Crippen LogP contribution < -0.4 is 14.8 Å². The maximum atomic E-state index is 12.0. The molecule has 2 heterocycles. The monoisotopic (exact) mass is 358 g/mol. The van der Waals surface area contributed by atoms with Gasteiger partial charge >= 0.3 is 0 Å². The van der Waals surface area contributed by atoms with E-state index < -0.39 is 0 Å². The van der Waals surface area contributed by atoms with E-state index in [0.717, 1.165) is 38.2 Å². The van der Waals surface area contributed by atoms with Crippen LogP contribution in [-0.4, -0.2) is 44.2 Å². The van der Waals surface area contributed by atoms with Crippen molar-refractivity contribution in [3.05, 3.63) is 48.4 Å². The van der Waals surface area contributed by atoms with E-state index in [0.29, 0.717) is 24.0 Å². The third kappa shape index (κ3) is 5.52. The average molecular weight is 358 g/mol. The van der Waals surface area contributed by atoms with E-state index in [1.807, 2.05) is 30.3 Å². The molecular formula is C20H26N2O4. The van der Waals surface area contributed by atoms with Crippen LogP contribution in [0.3, 0.4) is 0 Å². The van der Waals surface area contributed by atoms with Gasteiger partial charge in [0.05, 0.1) is 19.9 Å². The van der Waals surface area contributed by atoms with Crippen molar-refractivity contribution in [1.29, 1.82) is 0 Å². The van der Waals surface area contributed by atoms with Crippen LogP contribution in [0.15, 0.2) is 47.1 Å². The number of carbonyl (C=O) groups excluding carboxylic acids is 1. The number of amides is 1. The van der Waals surface area contributed by atoms with E-state index in [4.69, 9.17) is 13.9 Å². The van der Waals surface area contributed by atoms with E-state index in [9.17, 15) is 4.79 Å². The number of rotatable bonds is 8. The lowest BCUT2D eigenvalue weighted by atomic mass is 9.96. The highest BCUT2D eigenvalue weighted by atomic mass is 16.5. The molecule has 0 aliphatic carbocycles. The van der Waals surface area contributed by atoms with Gasteiger partial charge in [-0.2, -0.15) is 0 Å². The number of methoxy groups -OCH3 is 1. The Bertz CT molecular complexity index is 679. The second-order valence-electron chi connectivity index (χ2n) is 6.57. The largest absolute Gasteiger partial charge is 0.497 e. The van der Waals surface area contributed by atoms with Crippen molar-refractivity contribution in [2.75, 3.05) is 33.4 Å². The molecule has 0 bridgehead atoms. The van der Waals surface area contributed by atoms with Crippen molar-refractivity contribution >= 4 is 5.91 Å². The normalized spacial score (nSPS) is 15.6. The lowest BCUT2D eigenvalue weighted by Crippen LogP contribution is -2.39. The second kappa shape index (κ2) is 9.29. The Morgan fingerprint density at radius 3 is 2.77 bits per heavy atom. The van der Waals surface area contributed by atoms with Crippen LogP contribution in [0.4, 0.5) is 0 Å². The summed E-state index contributed by atoms with van der Waals surface area (Å²) in [5, 5.41) is 2.98. The average Bonchev–Trinajstić information content (AvgIpc) is 3.19. The number of likely N-dealkylation sites (tertiary alicyclic amines) is 1. The number of hydrogen-bond acceptors (Lipinski definition) is 5. The first kappa shape index (κ1) is 18.3. The molecule has 1 fully saturated rings. The Kier molecular flexibility index (Phi) is 6.55. The third-order valence-electron chi connectivity index (χ3n) is 4.67. The van der Waals surface area contributed by atoms with Crippen molar-refractivity contribution in [3.63, 3.8) is 0 Å². The maximum Gasteiger partial charge on any atom is 0.257 e. The molecule has 2 aromatic rings. The van der Waals surface area contributed by atoms with E-state index >= 15 is 0 Å². The van der Waals surface area contributed by atoms with Crippen molar-refractivity contribution < 1.29 is 18.7 Å². The van der Waals surface area contributed by atoms with Crippen LogP contribution in [0.5, 0.6) is 11.5 Å². The Morgan fingerprint density at radius 2 is 2.04 bits per heavy atom. The lowest BCUT2D eigenvalue weighted by molar-refractivity contribution is -0.123. The highest BCUT2D eigenvalue weighted by Crippen LogP contribution is 2.19. The van der Waals surface area contributed by atoms with Gasteiger partial charge in [-0.25, -0.2) is 0 Å². The minimum Gasteiger partial charge on any atom is -0.497 e. The molecule has 0 saturated carbocycles. The van der Waals surface area contributed by atoms with Crippen LogP contribution in [0, 0.1) is 5.92 Å². The molecule has 0 unspecified atom stereocenters. The Hall–Kier alpha value is -2.47. The third-order valence-corrected chi connectivity index (χ3v) is 4.67. The highest BCUT2D eigenvalue weighted by molar-refractivity contribution is 5.77. The lowest BCUT2D eigenvalue weighted by Gasteiger charge is -2.31. The first-order valence-electron chi connectivity index (χ1n) is 9.01. The first-order chi connectivity index (χ1) is 12.7. The predicted octanol–water partition coefficient (Wildman–Crippen LogP) is 2.70. The van der Waals surface area contributed by atoms with E-state index in [1.165, 1.54) is 0 Å². The topological polar surface area (TPSA) is 63.9 Å². The molecule has 6 nitrogen and oxygen atoms in total. The molecule has 1 aromatic heterocycles. The summed E-state index contributed by atoms with van der Waals surface area (Å²) in [6, 6.07) is 11.2. The molecule has 0 atom stereocenters. The fraction of sp³-hybridized carbons (Fsp3) is 0.450. The number of nitrogens with one attached hydrogen (secondary N) is 1. The second-order valence-corrected chi connectivity index (χ2v) is 6.57. The van der Waals surface area contributed by atoms with Crippen molar-refractivity contribution in [1.82, 2.24) is 10.2 Å². The molecule has 1 saturated heterocycles. The van der Waals surface area contributed by atoms with E-state index in [-0.39, 0.29) is 12.5 Å². The van der Waals surface area contributed by atoms with Crippen LogP contribution in [0.25, 0.3) is 0 Å². The Morgan fingerprint density at radius 1 is 1.23 bits per heavy atom. The fourth-order valence-electron chi connectivity index (χ4n) is 3.12. The minimum absolute atomic E-state index is 0.0184. The van der Waals surface area contributed by atoms with Gasteiger partial charge in [0.2, 0.25) is 0 Å². The molecule has 0 radical (unpaired) electrons. The number of hydrogen-bond donors (Lipinski definition) is 1. The van der Waals surface area contributed by atoms with Crippen LogP contribution >= 0.6 is 0 Å². The number of carbonyl (C=O) groups is 1. The molecule has 140 valence electrons. The molecule has 3 rings (SSSR count). The number of furan rings is 1. The van der Waals surface area contributed by atoms with E-state index in [1.54, 1.807) is 19.4 Å². The maximum absolute atomic E-state index is 12.0. The molecule has 1 N–H and O–H groups in total. The van der Waals surface area contributed by atoms with Gasteiger partial charge in [-0.3, -0.25) is 9.69 Å². The number of nitrogens with zero attached hydrogens (tertiary/aromatic N) is 1. The zero-order chi connectivity index (χ0) is 18.2. The fourth-order valence-corrected chi connectivity index (χ4v) is 3.12. The number of piperidine rings is 1. The Labute approximate surface area is 154 Å². The summed E-state index contributed by atoms with van der Waals surface area (Å²) in [6.07, 6.45) is 3.88. The molecule has 1 aromatic carbocycles. The molecule has 1 aliphatic heterocycles. The Balaban J connectivity index is 1.32. The van der Waals surface area contributed by atoms with Gasteiger partial charge in [-0.15, -0.1) is 0 Å². The molecule has 1 amide bonds. The van der Waals surface area contributed by atoms with Crippen LogP contribution in [0.1, 0.15) is 18.6 Å². The van der Waals surface area contributed by atoms with Crippen LogP contribution in [0.2, 0.25) is 0 Å². The van der Waals surface area contributed by atoms with Crippen molar-refractivity contribution in [3.8, 4) is 11.5 Å². The summed E-state index contributed by atoms with van der Waals surface area (Å²) in [5.41, 5.74) is 0. The smallest absolute Gasteiger partial charge is 0.257 e. The summed E-state index contributed by atoms with van der Waals surface area (Å²) in [4.78, 5) is 14.4. The van der Waals surface area contributed by atoms with E-state index in [2.05, 4.69) is 10.2 Å². The molecule has 26 heavy (non-hydrogen) atoms. The summed E-state index contributed by atoms with van der Waals surface area (Å²) >= 11 is 0. The number of ether oxygens (including phenoxy) is 2. The van der Waals surface area contributed by atoms with Crippen LogP contribution in [-0.2, 0) is 11.3 Å². The van der Waals surface area contributed by atoms with Gasteiger partial charge < -0.3 is 19.2 Å². The highest BCUT2D eigenvalue weighted by Gasteiger charge is 2.20. The minimum atomic E-state index is -0.0918. The molecule has 1 aliphatic rings. The van der Waals surface area contributed by atoms with Crippen molar-refractivity contribution in [2.24, 2.45) is 5.92 Å². The molecular weight excluding hydrogens is 332 g/mol. The van der Waals surface area contributed by atoms with Gasteiger partial charge in [0.15, 0.2) is 6.61 Å². The zero-order valence-electron chi connectivity index (χ0n) is 15.1. The zero-order valence-corrected chi connectivity index (χ0v) is 15.1. The summed E-state index contributed by atoms with van der Waals surface area (Å²) < 4.78 is 16.1. The first-order valence-corrected chi connectivity index (χ1v) is 9.01. The molecule has 0 spiro atoms. The quantitative estimate of drug-likeness (QED) is 0.786. The standard InChI is InChI=1S/C20H26N2O4/c1-24-17-4-2-5-18(12-17)26-15-20(23)21-13-16-7-9-22(10-8-16)14-19-6-3-11-25-19/h2-6,11-12,16H,7-10,13-15H2,1H3,(H,21,23). The van der Waals surface area contributed by atoms with Gasteiger partial charge in [0.1, 0.15) is 17.3 Å². The number of benzene rings is 1. The van der Waals surface area contributed by atoms with Gasteiger partial charge in [0, 0.05) is 12.6 Å². The van der Waals surface area contributed by atoms with Gasteiger partial charge in [-0.1, -0.05) is 6.07 Å². The van der Waals surface area contributed by atoms with Gasteiger partial charge in [-0.05, 0) is 56.1 Å². The SMILES string of the molecule is COc1cccc(OCC(=O)NCC2CCN(Cc3ccco3)CC2)c1. The predicted molar refractivity (Wildman–Crippen MR) is 98.2 cm³/mol. The van der Waals surface area contributed by atoms with Crippen molar-refractivity contribution in [2.45, 2.75) is 19.4 Å². The summed E-state index contributed by atoms with van der Waals surface area (Å²) in [7, 11) is 1.60. The molecule has 6 heteroatoms. The summed E-state index contributed by atoms with van der Waals surface area (Å²) in [5.74, 6) is 2.77. The van der Waals surface area contributed by atoms with Gasteiger partial charge in [0.25, 0.3) is 5.91 Å².